The Hall–Kier alpha value is -3.62. The van der Waals surface area contributed by atoms with Gasteiger partial charge in [-0.1, -0.05) is 30.3 Å². The van der Waals surface area contributed by atoms with Crippen LogP contribution in [0.5, 0.6) is 0 Å². The molecule has 0 fully saturated rings. The molecule has 3 rings (SSSR count). The van der Waals surface area contributed by atoms with Crippen LogP contribution in [0.3, 0.4) is 0 Å². The van der Waals surface area contributed by atoms with Crippen molar-refractivity contribution in [2.24, 2.45) is 0 Å². The number of ether oxygens (including phenoxy) is 1. The largest absolute Gasteiger partial charge is 0.444 e. The quantitative estimate of drug-likeness (QED) is 0.688. The maximum Gasteiger partial charge on any atom is 0.412 e. The predicted molar refractivity (Wildman–Crippen MR) is 109 cm³/mol. The second-order valence-corrected chi connectivity index (χ2v) is 6.62. The third-order valence-electron chi connectivity index (χ3n) is 4.30. The van der Waals surface area contributed by atoms with Crippen molar-refractivity contribution in [2.75, 3.05) is 28.6 Å². The van der Waals surface area contributed by atoms with Crippen LogP contribution in [0.25, 0.3) is 0 Å². The molecule has 0 bridgehead atoms. The summed E-state index contributed by atoms with van der Waals surface area (Å²) < 4.78 is 5.21. The second kappa shape index (κ2) is 9.05. The Morgan fingerprint density at radius 2 is 2.03 bits per heavy atom. The number of anilines is 3. The van der Waals surface area contributed by atoms with Gasteiger partial charge in [0.1, 0.15) is 12.6 Å². The number of nitrogens with zero attached hydrogens (tertiary/aromatic N) is 2. The van der Waals surface area contributed by atoms with E-state index in [4.69, 9.17) is 4.74 Å². The standard InChI is InChI=1S/C20H23N5O4/c1-13-19(27)25(9-8-21-14(2)26)18-17(23-13)10-16(11-22-18)24-20(28)29-12-15-6-4-3-5-7-15/h3-7,10-11,13,23H,8-9,12H2,1-2H3,(H,21,26)(H,24,28). The lowest BCUT2D eigenvalue weighted by molar-refractivity contribution is -0.120. The van der Waals surface area contributed by atoms with Crippen molar-refractivity contribution in [3.63, 3.8) is 0 Å². The number of hydrogen-bond donors (Lipinski definition) is 3. The van der Waals surface area contributed by atoms with E-state index in [1.54, 1.807) is 13.0 Å². The number of benzene rings is 1. The van der Waals surface area contributed by atoms with Gasteiger partial charge in [0.05, 0.1) is 17.6 Å². The molecular formula is C20H23N5O4. The summed E-state index contributed by atoms with van der Waals surface area (Å²) in [5.74, 6) is 0.141. The molecule has 1 aliphatic heterocycles. The van der Waals surface area contributed by atoms with Crippen molar-refractivity contribution in [3.8, 4) is 0 Å². The molecule has 1 aliphatic rings. The Morgan fingerprint density at radius 1 is 1.28 bits per heavy atom. The van der Waals surface area contributed by atoms with Crippen LogP contribution < -0.4 is 20.9 Å². The fraction of sp³-hybridized carbons (Fsp3) is 0.300. The lowest BCUT2D eigenvalue weighted by Crippen LogP contribution is -2.48. The highest BCUT2D eigenvalue weighted by Crippen LogP contribution is 2.31. The van der Waals surface area contributed by atoms with Crippen LogP contribution in [-0.4, -0.2) is 42.0 Å². The monoisotopic (exact) mass is 397 g/mol. The molecule has 0 saturated carbocycles. The van der Waals surface area contributed by atoms with Gasteiger partial charge in [0.15, 0.2) is 5.82 Å². The van der Waals surface area contributed by atoms with Gasteiger partial charge in [-0.2, -0.15) is 0 Å². The summed E-state index contributed by atoms with van der Waals surface area (Å²) in [5, 5.41) is 8.38. The molecular weight excluding hydrogens is 374 g/mol. The van der Waals surface area contributed by atoms with Crippen LogP contribution in [0.15, 0.2) is 42.6 Å². The molecule has 152 valence electrons. The Bertz CT molecular complexity index is 903. The molecule has 29 heavy (non-hydrogen) atoms. The zero-order valence-corrected chi connectivity index (χ0v) is 16.3. The first-order chi connectivity index (χ1) is 13.9. The SMILES string of the molecule is CC(=O)NCCN1C(=O)C(C)Nc2cc(NC(=O)OCc3ccccc3)cnc21. The first kappa shape index (κ1) is 20.1. The summed E-state index contributed by atoms with van der Waals surface area (Å²) in [7, 11) is 0. The van der Waals surface area contributed by atoms with Crippen LogP contribution in [0.2, 0.25) is 0 Å². The van der Waals surface area contributed by atoms with E-state index >= 15 is 0 Å². The number of rotatable bonds is 6. The predicted octanol–water partition coefficient (Wildman–Crippen LogP) is 2.11. The van der Waals surface area contributed by atoms with Crippen LogP contribution in [0.4, 0.5) is 22.0 Å². The molecule has 0 saturated heterocycles. The average molecular weight is 397 g/mol. The molecule has 9 heteroatoms. The maximum absolute atomic E-state index is 12.5. The number of fused-ring (bicyclic) bond motifs is 1. The van der Waals surface area contributed by atoms with Crippen molar-refractivity contribution in [1.82, 2.24) is 10.3 Å². The van der Waals surface area contributed by atoms with Gasteiger partial charge < -0.3 is 15.4 Å². The highest BCUT2D eigenvalue weighted by atomic mass is 16.5. The summed E-state index contributed by atoms with van der Waals surface area (Å²) in [5.41, 5.74) is 1.94. The van der Waals surface area contributed by atoms with Gasteiger partial charge in [0.25, 0.3) is 0 Å². The Labute approximate surface area is 168 Å². The summed E-state index contributed by atoms with van der Waals surface area (Å²) in [6.07, 6.45) is 0.858. The van der Waals surface area contributed by atoms with E-state index in [0.717, 1.165) is 5.56 Å². The van der Waals surface area contributed by atoms with E-state index in [2.05, 4.69) is 20.9 Å². The van der Waals surface area contributed by atoms with Crippen LogP contribution in [0.1, 0.15) is 19.4 Å². The third kappa shape index (κ3) is 5.22. The van der Waals surface area contributed by atoms with Crippen molar-refractivity contribution >= 4 is 35.1 Å². The number of pyridine rings is 1. The van der Waals surface area contributed by atoms with Gasteiger partial charge in [0, 0.05) is 20.0 Å². The molecule has 2 aromatic rings. The fourth-order valence-electron chi connectivity index (χ4n) is 2.92. The minimum absolute atomic E-state index is 0.140. The summed E-state index contributed by atoms with van der Waals surface area (Å²) in [6, 6.07) is 10.6. The van der Waals surface area contributed by atoms with Crippen LogP contribution >= 0.6 is 0 Å². The molecule has 1 aromatic carbocycles. The molecule has 3 amide bonds. The zero-order valence-electron chi connectivity index (χ0n) is 16.3. The summed E-state index contributed by atoms with van der Waals surface area (Å²) in [6.45, 7) is 3.94. The number of nitrogens with one attached hydrogen (secondary N) is 3. The van der Waals surface area contributed by atoms with Crippen LogP contribution in [-0.2, 0) is 20.9 Å². The summed E-state index contributed by atoms with van der Waals surface area (Å²) >= 11 is 0. The first-order valence-electron chi connectivity index (χ1n) is 9.24. The highest BCUT2D eigenvalue weighted by Gasteiger charge is 2.30. The average Bonchev–Trinajstić information content (AvgIpc) is 2.70. The van der Waals surface area contributed by atoms with Gasteiger partial charge in [-0.05, 0) is 18.6 Å². The number of aromatic nitrogens is 1. The van der Waals surface area contributed by atoms with Gasteiger partial charge in [0.2, 0.25) is 11.8 Å². The van der Waals surface area contributed by atoms with Crippen molar-refractivity contribution in [3.05, 3.63) is 48.2 Å². The topological polar surface area (TPSA) is 113 Å². The Balaban J connectivity index is 1.65. The number of carbonyl (C=O) groups excluding carboxylic acids is 3. The molecule has 0 aliphatic carbocycles. The van der Waals surface area contributed by atoms with Crippen LogP contribution in [0, 0.1) is 0 Å². The minimum Gasteiger partial charge on any atom is -0.444 e. The molecule has 0 radical (unpaired) electrons. The van der Waals surface area contributed by atoms with Gasteiger partial charge in [-0.25, -0.2) is 9.78 Å². The van der Waals surface area contributed by atoms with Crippen molar-refractivity contribution in [2.45, 2.75) is 26.5 Å². The molecule has 1 aromatic heterocycles. The molecule has 2 heterocycles. The van der Waals surface area contributed by atoms with E-state index < -0.39 is 12.1 Å². The normalized spacial score (nSPS) is 15.2. The summed E-state index contributed by atoms with van der Waals surface area (Å²) in [4.78, 5) is 41.4. The molecule has 1 unspecified atom stereocenters. The molecule has 0 spiro atoms. The minimum atomic E-state index is -0.599. The smallest absolute Gasteiger partial charge is 0.412 e. The highest BCUT2D eigenvalue weighted by molar-refractivity contribution is 6.04. The first-order valence-corrected chi connectivity index (χ1v) is 9.24. The maximum atomic E-state index is 12.5. The number of amides is 3. The molecule has 3 N–H and O–H groups in total. The fourth-order valence-corrected chi connectivity index (χ4v) is 2.92. The van der Waals surface area contributed by atoms with E-state index in [1.165, 1.54) is 18.0 Å². The lowest BCUT2D eigenvalue weighted by Gasteiger charge is -2.33. The molecule has 1 atom stereocenters. The van der Waals surface area contributed by atoms with Gasteiger partial charge in [-0.15, -0.1) is 0 Å². The number of carbonyl (C=O) groups is 3. The lowest BCUT2D eigenvalue weighted by atomic mass is 10.1. The van der Waals surface area contributed by atoms with E-state index in [0.29, 0.717) is 30.3 Å². The Kier molecular flexibility index (Phi) is 6.28. The second-order valence-electron chi connectivity index (χ2n) is 6.62. The number of hydrogen-bond acceptors (Lipinski definition) is 6. The van der Waals surface area contributed by atoms with Gasteiger partial charge >= 0.3 is 6.09 Å². The van der Waals surface area contributed by atoms with E-state index in [1.807, 2.05) is 30.3 Å². The molecule has 9 nitrogen and oxygen atoms in total. The van der Waals surface area contributed by atoms with E-state index in [9.17, 15) is 14.4 Å². The van der Waals surface area contributed by atoms with Crippen molar-refractivity contribution in [1.29, 1.82) is 0 Å². The Morgan fingerprint density at radius 3 is 2.76 bits per heavy atom. The van der Waals surface area contributed by atoms with Crippen molar-refractivity contribution < 1.29 is 19.1 Å². The zero-order chi connectivity index (χ0) is 20.8. The third-order valence-corrected chi connectivity index (χ3v) is 4.30. The van der Waals surface area contributed by atoms with E-state index in [-0.39, 0.29) is 18.4 Å². The van der Waals surface area contributed by atoms with Gasteiger partial charge in [-0.3, -0.25) is 19.8 Å².